The van der Waals surface area contributed by atoms with Crippen LogP contribution in [0.3, 0.4) is 0 Å². The van der Waals surface area contributed by atoms with Gasteiger partial charge in [-0.05, 0) is 29.5 Å². The van der Waals surface area contributed by atoms with E-state index in [1.807, 2.05) is 28.6 Å². The van der Waals surface area contributed by atoms with Crippen LogP contribution in [0.2, 0.25) is 0 Å². The molecule has 1 saturated heterocycles. The highest BCUT2D eigenvalue weighted by molar-refractivity contribution is 7.98. The van der Waals surface area contributed by atoms with E-state index in [1.54, 1.807) is 11.8 Å². The minimum atomic E-state index is -2.46. The lowest BCUT2D eigenvalue weighted by molar-refractivity contribution is -0.129. The summed E-state index contributed by atoms with van der Waals surface area (Å²) < 4.78 is 14.9. The molecule has 2 rings (SSSR count). The second-order valence-corrected chi connectivity index (χ2v) is 8.07. The predicted molar refractivity (Wildman–Crippen MR) is 87.9 cm³/mol. The molecular formula is C16H24N2O2S. The highest BCUT2D eigenvalue weighted by Gasteiger charge is 2.25. The molecule has 0 spiro atoms. The molecule has 1 aromatic rings. The van der Waals surface area contributed by atoms with Gasteiger partial charge in [-0.3, -0.25) is 4.79 Å². The average molecular weight is 308 g/mol. The number of carbonyl (C=O) groups is 1. The van der Waals surface area contributed by atoms with Crippen molar-refractivity contribution in [1.82, 2.24) is 9.21 Å². The smallest absolute Gasteiger partial charge is 0.219 e. The number of amides is 1. The number of piperazine rings is 1. The van der Waals surface area contributed by atoms with Crippen molar-refractivity contribution >= 4 is 21.5 Å². The van der Waals surface area contributed by atoms with Crippen molar-refractivity contribution in [2.75, 3.05) is 26.2 Å². The van der Waals surface area contributed by atoms with E-state index in [0.717, 1.165) is 4.90 Å². The summed E-state index contributed by atoms with van der Waals surface area (Å²) in [6.45, 7) is 8.29. The molecule has 1 unspecified atom stereocenters. The Hall–Kier alpha value is -1.33. The Morgan fingerprint density at radius 2 is 1.67 bits per heavy atom. The van der Waals surface area contributed by atoms with Gasteiger partial charge in [0.1, 0.15) is 0 Å². The minimum Gasteiger partial charge on any atom is -0.340 e. The first kappa shape index (κ1) is 16.0. The van der Waals surface area contributed by atoms with Crippen LogP contribution in [0, 0.1) is 0 Å². The first-order chi connectivity index (χ1) is 9.82. The number of hydrogen-bond acceptors (Lipinski definition) is 2. The molecule has 0 aliphatic carbocycles. The van der Waals surface area contributed by atoms with E-state index in [9.17, 15) is 9.00 Å². The van der Waals surface area contributed by atoms with Gasteiger partial charge in [-0.1, -0.05) is 26.0 Å². The lowest BCUT2D eigenvalue weighted by Gasteiger charge is -2.35. The lowest BCUT2D eigenvalue weighted by Crippen LogP contribution is -2.49. The Morgan fingerprint density at radius 3 is 2.10 bits per heavy atom. The van der Waals surface area contributed by atoms with Gasteiger partial charge in [-0.2, -0.15) is 0 Å². The zero-order chi connectivity index (χ0) is 15.6. The van der Waals surface area contributed by atoms with Crippen molar-refractivity contribution in [3.8, 4) is 0 Å². The highest BCUT2D eigenvalue weighted by Crippen LogP contribution is 2.21. The first-order valence-corrected chi connectivity index (χ1v) is 8.98. The summed E-state index contributed by atoms with van der Waals surface area (Å²) in [6, 6.07) is 7.89. The highest BCUT2D eigenvalue weighted by atomic mass is 32.2. The molecule has 1 aromatic carbocycles. The monoisotopic (exact) mass is 308 g/mol. The fraction of sp³-hybridized carbons (Fsp3) is 0.500. The van der Waals surface area contributed by atoms with Gasteiger partial charge in [0.15, 0.2) is 0 Å². The molecule has 1 aliphatic heterocycles. The number of rotatable bonds is 3. The molecule has 0 radical (unpaired) electrons. The van der Waals surface area contributed by atoms with Gasteiger partial charge in [0, 0.05) is 38.0 Å². The van der Waals surface area contributed by atoms with E-state index in [0.29, 0.717) is 32.1 Å². The summed E-state index contributed by atoms with van der Waals surface area (Å²) in [5.74, 6) is 4.49. The quantitative estimate of drug-likeness (QED) is 0.801. The standard InChI is InChI=1S/C16H24N2O2S/c1-13(2)15-5-7-16(8-6-15)21(4,20)18-11-9-17(10-12-18)14(3)19/h5-8,13H,4,9-12H2,1-3H3. The fourth-order valence-electron chi connectivity index (χ4n) is 2.51. The van der Waals surface area contributed by atoms with Crippen LogP contribution in [0.5, 0.6) is 0 Å². The number of hydrogen-bond donors (Lipinski definition) is 0. The third-order valence-electron chi connectivity index (χ3n) is 4.02. The van der Waals surface area contributed by atoms with Gasteiger partial charge in [-0.15, -0.1) is 0 Å². The van der Waals surface area contributed by atoms with Gasteiger partial charge in [0.05, 0.1) is 9.71 Å². The van der Waals surface area contributed by atoms with Gasteiger partial charge in [0.25, 0.3) is 0 Å². The van der Waals surface area contributed by atoms with Crippen LogP contribution in [-0.2, 0) is 14.5 Å². The molecule has 1 heterocycles. The summed E-state index contributed by atoms with van der Waals surface area (Å²) in [4.78, 5) is 13.9. The molecule has 0 N–H and O–H groups in total. The molecule has 0 aromatic heterocycles. The van der Waals surface area contributed by atoms with Gasteiger partial charge in [0.2, 0.25) is 5.91 Å². The van der Waals surface area contributed by atoms with E-state index < -0.39 is 9.71 Å². The molecule has 21 heavy (non-hydrogen) atoms. The molecule has 5 heteroatoms. The van der Waals surface area contributed by atoms with Crippen molar-refractivity contribution in [3.63, 3.8) is 0 Å². The van der Waals surface area contributed by atoms with E-state index in [2.05, 4.69) is 19.7 Å². The second-order valence-electron chi connectivity index (χ2n) is 5.80. The fourth-order valence-corrected chi connectivity index (χ4v) is 4.12. The molecule has 116 valence electrons. The molecular weight excluding hydrogens is 284 g/mol. The van der Waals surface area contributed by atoms with Crippen LogP contribution in [0.15, 0.2) is 29.2 Å². The van der Waals surface area contributed by atoms with Crippen molar-refractivity contribution < 1.29 is 9.00 Å². The van der Waals surface area contributed by atoms with Crippen LogP contribution < -0.4 is 0 Å². The maximum absolute atomic E-state index is 13.0. The Bertz CT molecular complexity index is 598. The molecule has 1 atom stereocenters. The zero-order valence-corrected chi connectivity index (χ0v) is 13.9. The van der Waals surface area contributed by atoms with Crippen LogP contribution >= 0.6 is 0 Å². The van der Waals surface area contributed by atoms with Gasteiger partial charge < -0.3 is 4.90 Å². The van der Waals surface area contributed by atoms with Crippen LogP contribution in [-0.4, -0.2) is 51.4 Å². The van der Waals surface area contributed by atoms with Crippen LogP contribution in [0.25, 0.3) is 0 Å². The minimum absolute atomic E-state index is 0.0755. The molecule has 0 saturated carbocycles. The summed E-state index contributed by atoms with van der Waals surface area (Å²) in [7, 11) is -2.46. The first-order valence-electron chi connectivity index (χ1n) is 7.30. The van der Waals surface area contributed by atoms with Gasteiger partial charge >= 0.3 is 0 Å². The van der Waals surface area contributed by atoms with E-state index in [1.165, 1.54) is 5.56 Å². The summed E-state index contributed by atoms with van der Waals surface area (Å²) >= 11 is 0. The maximum atomic E-state index is 13.0. The Morgan fingerprint density at radius 1 is 1.14 bits per heavy atom. The largest absolute Gasteiger partial charge is 0.340 e. The maximum Gasteiger partial charge on any atom is 0.219 e. The Labute approximate surface area is 127 Å². The van der Waals surface area contributed by atoms with E-state index in [-0.39, 0.29) is 5.91 Å². The zero-order valence-electron chi connectivity index (χ0n) is 13.0. The molecule has 1 amide bonds. The summed E-state index contributed by atoms with van der Waals surface area (Å²) in [5.41, 5.74) is 1.23. The topological polar surface area (TPSA) is 40.6 Å². The Kier molecular flexibility index (Phi) is 4.74. The second kappa shape index (κ2) is 6.20. The normalized spacial score (nSPS) is 19.5. The third kappa shape index (κ3) is 3.47. The van der Waals surface area contributed by atoms with E-state index in [4.69, 9.17) is 0 Å². The third-order valence-corrected chi connectivity index (χ3v) is 6.22. The van der Waals surface area contributed by atoms with Crippen LogP contribution in [0.4, 0.5) is 0 Å². The SMILES string of the molecule is C=S(=O)(c1ccc(C(C)C)cc1)N1CCN(C(C)=O)CC1. The molecule has 1 aliphatic rings. The van der Waals surface area contributed by atoms with E-state index >= 15 is 0 Å². The molecule has 0 bridgehead atoms. The number of nitrogens with zero attached hydrogens (tertiary/aromatic N) is 2. The van der Waals surface area contributed by atoms with Gasteiger partial charge in [-0.25, -0.2) is 8.51 Å². The number of benzene rings is 1. The van der Waals surface area contributed by atoms with Crippen molar-refractivity contribution in [3.05, 3.63) is 29.8 Å². The molecule has 4 nitrogen and oxygen atoms in total. The lowest BCUT2D eigenvalue weighted by atomic mass is 10.0. The summed E-state index contributed by atoms with van der Waals surface area (Å²) in [6.07, 6.45) is 0. The average Bonchev–Trinajstić information content (AvgIpc) is 2.47. The predicted octanol–water partition coefficient (Wildman–Crippen LogP) is 1.96. The van der Waals surface area contributed by atoms with Crippen molar-refractivity contribution in [2.45, 2.75) is 31.6 Å². The molecule has 1 fully saturated rings. The van der Waals surface area contributed by atoms with Crippen molar-refractivity contribution in [1.29, 1.82) is 0 Å². The van der Waals surface area contributed by atoms with Crippen LogP contribution in [0.1, 0.15) is 32.3 Å². The summed E-state index contributed by atoms with van der Waals surface area (Å²) in [5, 5.41) is 0. The van der Waals surface area contributed by atoms with Crippen molar-refractivity contribution in [2.24, 2.45) is 0 Å². The number of carbonyl (C=O) groups excluding carboxylic acids is 1. The Balaban J connectivity index is 2.13.